The molecule has 1 amide bonds. The largest absolute Gasteiger partial charge is 0.435 e. The summed E-state index contributed by atoms with van der Waals surface area (Å²) in [5.41, 5.74) is 1.62. The second-order valence-electron chi connectivity index (χ2n) is 7.06. The maximum absolute atomic E-state index is 12.7. The zero-order valence-electron chi connectivity index (χ0n) is 17.2. The van der Waals surface area contributed by atoms with E-state index in [0.29, 0.717) is 43.2 Å². The van der Waals surface area contributed by atoms with Gasteiger partial charge in [-0.25, -0.2) is 8.42 Å². The molecule has 2 heterocycles. The van der Waals surface area contributed by atoms with Crippen LogP contribution in [0.2, 0.25) is 0 Å². The summed E-state index contributed by atoms with van der Waals surface area (Å²) < 4.78 is 60.7. The SMILES string of the molecule is O=C(Nc1ccc(S(=O)(=O)N2CCOCC2)cc1)c1cc(-c2ccc(OC(F)F)cc2)n[nH]1. The number of rotatable bonds is 7. The van der Waals surface area contributed by atoms with Gasteiger partial charge in [0.1, 0.15) is 11.4 Å². The molecular weight excluding hydrogens is 458 g/mol. The van der Waals surface area contributed by atoms with Gasteiger partial charge in [0.05, 0.1) is 23.8 Å². The molecule has 0 aliphatic carbocycles. The number of carbonyl (C=O) groups excluding carboxylic acids is 1. The Morgan fingerprint density at radius 1 is 1.09 bits per heavy atom. The lowest BCUT2D eigenvalue weighted by molar-refractivity contribution is -0.0498. The Morgan fingerprint density at radius 3 is 2.39 bits per heavy atom. The molecule has 174 valence electrons. The first kappa shape index (κ1) is 22.8. The van der Waals surface area contributed by atoms with Crippen molar-refractivity contribution in [2.75, 3.05) is 31.6 Å². The molecule has 0 unspecified atom stereocenters. The number of amides is 1. The van der Waals surface area contributed by atoms with Gasteiger partial charge >= 0.3 is 6.61 Å². The number of nitrogens with zero attached hydrogens (tertiary/aromatic N) is 2. The number of aromatic nitrogens is 2. The zero-order valence-corrected chi connectivity index (χ0v) is 18.0. The van der Waals surface area contributed by atoms with Gasteiger partial charge in [-0.15, -0.1) is 0 Å². The summed E-state index contributed by atoms with van der Waals surface area (Å²) in [4.78, 5) is 12.7. The van der Waals surface area contributed by atoms with Crippen molar-refractivity contribution < 1.29 is 31.5 Å². The fraction of sp³-hybridized carbons (Fsp3) is 0.238. The van der Waals surface area contributed by atoms with Gasteiger partial charge in [-0.1, -0.05) is 0 Å². The molecule has 4 rings (SSSR count). The third-order valence-electron chi connectivity index (χ3n) is 4.92. The van der Waals surface area contributed by atoms with Crippen molar-refractivity contribution in [2.24, 2.45) is 0 Å². The summed E-state index contributed by atoms with van der Waals surface area (Å²) in [7, 11) is -3.62. The van der Waals surface area contributed by atoms with Crippen LogP contribution in [0.5, 0.6) is 5.75 Å². The van der Waals surface area contributed by atoms with Crippen LogP contribution in [0.1, 0.15) is 10.5 Å². The van der Waals surface area contributed by atoms with Gasteiger partial charge in [-0.2, -0.15) is 18.2 Å². The Hall–Kier alpha value is -3.35. The van der Waals surface area contributed by atoms with Crippen LogP contribution in [0.3, 0.4) is 0 Å². The molecule has 1 aliphatic heterocycles. The van der Waals surface area contributed by atoms with Gasteiger partial charge in [-0.05, 0) is 54.6 Å². The summed E-state index contributed by atoms with van der Waals surface area (Å²) >= 11 is 0. The molecular formula is C21H20F2N4O5S. The van der Waals surface area contributed by atoms with Crippen LogP contribution in [0.25, 0.3) is 11.3 Å². The monoisotopic (exact) mass is 478 g/mol. The number of halogens is 2. The average molecular weight is 478 g/mol. The number of hydrogen-bond acceptors (Lipinski definition) is 6. The van der Waals surface area contributed by atoms with Crippen LogP contribution >= 0.6 is 0 Å². The van der Waals surface area contributed by atoms with E-state index in [1.165, 1.54) is 46.8 Å². The molecule has 33 heavy (non-hydrogen) atoms. The Balaban J connectivity index is 1.41. The highest BCUT2D eigenvalue weighted by atomic mass is 32.2. The topological polar surface area (TPSA) is 114 Å². The lowest BCUT2D eigenvalue weighted by atomic mass is 10.1. The van der Waals surface area contributed by atoms with E-state index in [9.17, 15) is 22.0 Å². The van der Waals surface area contributed by atoms with Crippen molar-refractivity contribution in [1.29, 1.82) is 0 Å². The number of aromatic amines is 1. The standard InChI is InChI=1S/C21H20F2N4O5S/c22-21(23)32-16-5-1-14(2-6-16)18-13-19(26-25-18)20(28)24-15-3-7-17(8-4-15)33(29,30)27-9-11-31-12-10-27/h1-8,13,21H,9-12H2,(H,24,28)(H,25,26). The summed E-state index contributed by atoms with van der Waals surface area (Å²) in [6, 6.07) is 13.2. The Bertz CT molecular complexity index is 1210. The maximum atomic E-state index is 12.7. The number of sulfonamides is 1. The molecule has 1 saturated heterocycles. The molecule has 9 nitrogen and oxygen atoms in total. The second-order valence-corrected chi connectivity index (χ2v) is 9.00. The molecule has 1 aromatic heterocycles. The quantitative estimate of drug-likeness (QED) is 0.540. The Morgan fingerprint density at radius 2 is 1.76 bits per heavy atom. The number of anilines is 1. The average Bonchev–Trinajstić information content (AvgIpc) is 3.31. The van der Waals surface area contributed by atoms with Crippen LogP contribution in [0.15, 0.2) is 59.5 Å². The number of morpholine rings is 1. The van der Waals surface area contributed by atoms with E-state index in [1.807, 2.05) is 0 Å². The van der Waals surface area contributed by atoms with Crippen LogP contribution in [-0.4, -0.2) is 61.7 Å². The van der Waals surface area contributed by atoms with Crippen molar-refractivity contribution in [2.45, 2.75) is 11.5 Å². The molecule has 3 aromatic rings. The smallest absolute Gasteiger partial charge is 0.387 e. The predicted octanol–water partition coefficient (Wildman–Crippen LogP) is 2.95. The fourth-order valence-corrected chi connectivity index (χ4v) is 4.65. The fourth-order valence-electron chi connectivity index (χ4n) is 3.24. The third-order valence-corrected chi connectivity index (χ3v) is 6.83. The number of alkyl halides is 2. The third kappa shape index (κ3) is 5.35. The van der Waals surface area contributed by atoms with Gasteiger partial charge in [0.15, 0.2) is 0 Å². The van der Waals surface area contributed by atoms with E-state index < -0.39 is 22.5 Å². The van der Waals surface area contributed by atoms with Crippen molar-refractivity contribution in [1.82, 2.24) is 14.5 Å². The molecule has 0 radical (unpaired) electrons. The summed E-state index contributed by atoms with van der Waals surface area (Å²) in [6.45, 7) is -1.61. The number of benzene rings is 2. The summed E-state index contributed by atoms with van der Waals surface area (Å²) in [5, 5.41) is 9.36. The van der Waals surface area contributed by atoms with Crippen molar-refractivity contribution >= 4 is 21.6 Å². The number of nitrogens with one attached hydrogen (secondary N) is 2. The van der Waals surface area contributed by atoms with Crippen molar-refractivity contribution in [3.8, 4) is 17.0 Å². The predicted molar refractivity (Wildman–Crippen MR) is 115 cm³/mol. The molecule has 0 atom stereocenters. The van der Waals surface area contributed by atoms with Gasteiger partial charge in [0.2, 0.25) is 10.0 Å². The van der Waals surface area contributed by atoms with Crippen LogP contribution in [0.4, 0.5) is 14.5 Å². The Labute approximate surface area is 188 Å². The number of ether oxygens (including phenoxy) is 2. The zero-order chi connectivity index (χ0) is 23.4. The van der Waals surface area contributed by atoms with E-state index in [1.54, 1.807) is 12.1 Å². The molecule has 0 saturated carbocycles. The molecule has 0 bridgehead atoms. The summed E-state index contributed by atoms with van der Waals surface area (Å²) in [5.74, 6) is -0.462. The first-order valence-corrected chi connectivity index (χ1v) is 11.4. The van der Waals surface area contributed by atoms with E-state index in [2.05, 4.69) is 20.3 Å². The van der Waals surface area contributed by atoms with Crippen LogP contribution in [-0.2, 0) is 14.8 Å². The molecule has 0 spiro atoms. The van der Waals surface area contributed by atoms with Gasteiger partial charge in [0, 0.05) is 24.3 Å². The van der Waals surface area contributed by atoms with Gasteiger partial charge in [0.25, 0.3) is 5.91 Å². The highest BCUT2D eigenvalue weighted by molar-refractivity contribution is 7.89. The number of carbonyl (C=O) groups is 1. The minimum Gasteiger partial charge on any atom is -0.435 e. The maximum Gasteiger partial charge on any atom is 0.387 e. The molecule has 1 fully saturated rings. The lowest BCUT2D eigenvalue weighted by Crippen LogP contribution is -2.40. The van der Waals surface area contributed by atoms with Crippen LogP contribution in [0, 0.1) is 0 Å². The molecule has 1 aliphatic rings. The van der Waals surface area contributed by atoms with Gasteiger partial charge in [-0.3, -0.25) is 9.89 Å². The Kier molecular flexibility index (Phi) is 6.67. The highest BCUT2D eigenvalue weighted by Crippen LogP contribution is 2.23. The number of hydrogen-bond donors (Lipinski definition) is 2. The normalized spacial score (nSPS) is 14.9. The van der Waals surface area contributed by atoms with Crippen molar-refractivity contribution in [3.63, 3.8) is 0 Å². The minimum absolute atomic E-state index is 0.0151. The number of H-pyrrole nitrogens is 1. The molecule has 2 N–H and O–H groups in total. The first-order chi connectivity index (χ1) is 15.8. The summed E-state index contributed by atoms with van der Waals surface area (Å²) in [6.07, 6.45) is 0. The highest BCUT2D eigenvalue weighted by Gasteiger charge is 2.26. The lowest BCUT2D eigenvalue weighted by Gasteiger charge is -2.26. The van der Waals surface area contributed by atoms with E-state index in [-0.39, 0.29) is 16.3 Å². The van der Waals surface area contributed by atoms with E-state index in [0.717, 1.165) is 0 Å². The molecule has 2 aromatic carbocycles. The van der Waals surface area contributed by atoms with Crippen LogP contribution < -0.4 is 10.1 Å². The van der Waals surface area contributed by atoms with E-state index in [4.69, 9.17) is 4.74 Å². The second kappa shape index (κ2) is 9.65. The van der Waals surface area contributed by atoms with Crippen molar-refractivity contribution in [3.05, 3.63) is 60.3 Å². The molecule has 12 heteroatoms. The first-order valence-electron chi connectivity index (χ1n) is 9.93. The van der Waals surface area contributed by atoms with E-state index >= 15 is 0 Å². The van der Waals surface area contributed by atoms with Gasteiger partial charge < -0.3 is 14.8 Å². The minimum atomic E-state index is -3.62.